The fraction of sp³-hybridized carbons (Fsp3) is 0.588. The van der Waals surface area contributed by atoms with Crippen LogP contribution in [0.2, 0.25) is 0 Å². The zero-order valence-corrected chi connectivity index (χ0v) is 15.5. The van der Waals surface area contributed by atoms with Crippen molar-refractivity contribution in [3.05, 3.63) is 32.5 Å². The molecule has 0 aliphatic heterocycles. The van der Waals surface area contributed by atoms with E-state index < -0.39 is 0 Å². The van der Waals surface area contributed by atoms with E-state index >= 15 is 0 Å². The molecule has 1 N–H and O–H groups in total. The molecule has 1 amide bonds. The Morgan fingerprint density at radius 3 is 2.48 bits per heavy atom. The summed E-state index contributed by atoms with van der Waals surface area (Å²) in [6.07, 6.45) is 3.13. The molecule has 23 heavy (non-hydrogen) atoms. The summed E-state index contributed by atoms with van der Waals surface area (Å²) in [5.41, 5.74) is 4.48. The highest BCUT2D eigenvalue weighted by molar-refractivity contribution is 7.11. The highest BCUT2D eigenvalue weighted by Gasteiger charge is 2.11. The normalized spacial score (nSPS) is 11.0. The molecule has 0 aromatic carbocycles. The molecule has 0 aliphatic rings. The van der Waals surface area contributed by atoms with E-state index in [1.807, 2.05) is 32.5 Å². The first-order chi connectivity index (χ1) is 10.9. The van der Waals surface area contributed by atoms with Crippen molar-refractivity contribution >= 4 is 17.2 Å². The molecule has 0 atom stereocenters. The molecule has 0 saturated carbocycles. The number of rotatable bonds is 7. The number of carbonyl (C=O) groups excluding carboxylic acids is 1. The molecule has 2 rings (SSSR count). The minimum atomic E-state index is 0.110. The second-order valence-corrected chi connectivity index (χ2v) is 7.26. The van der Waals surface area contributed by atoms with Crippen LogP contribution in [0, 0.1) is 27.7 Å². The van der Waals surface area contributed by atoms with Crippen LogP contribution in [-0.2, 0) is 24.7 Å². The van der Waals surface area contributed by atoms with Crippen LogP contribution in [0.1, 0.15) is 45.4 Å². The van der Waals surface area contributed by atoms with Gasteiger partial charge in [0.2, 0.25) is 5.91 Å². The number of thiazole rings is 1. The molecule has 5 nitrogen and oxygen atoms in total. The van der Waals surface area contributed by atoms with Gasteiger partial charge in [-0.2, -0.15) is 5.10 Å². The maximum absolute atomic E-state index is 12.0. The van der Waals surface area contributed by atoms with Gasteiger partial charge in [0, 0.05) is 37.0 Å². The van der Waals surface area contributed by atoms with E-state index in [0.29, 0.717) is 13.0 Å². The standard InChI is InChI=1S/C17H26N4OS/c1-11-14(4)23-17(19-11)7-6-10-18-16(22)9-8-15-12(2)20-21(5)13(15)3/h6-10H2,1-5H3,(H,18,22). The Kier molecular flexibility index (Phi) is 5.93. The summed E-state index contributed by atoms with van der Waals surface area (Å²) in [6.45, 7) is 8.89. The van der Waals surface area contributed by atoms with Crippen molar-refractivity contribution in [2.45, 2.75) is 53.4 Å². The minimum absolute atomic E-state index is 0.110. The van der Waals surface area contributed by atoms with E-state index in [4.69, 9.17) is 0 Å². The first kappa shape index (κ1) is 17.7. The van der Waals surface area contributed by atoms with Crippen molar-refractivity contribution in [1.29, 1.82) is 0 Å². The third kappa shape index (κ3) is 4.64. The lowest BCUT2D eigenvalue weighted by Crippen LogP contribution is -2.25. The van der Waals surface area contributed by atoms with E-state index in [1.165, 1.54) is 10.4 Å². The highest BCUT2D eigenvalue weighted by Crippen LogP contribution is 2.17. The van der Waals surface area contributed by atoms with Crippen molar-refractivity contribution in [3.63, 3.8) is 0 Å². The molecule has 6 heteroatoms. The van der Waals surface area contributed by atoms with Crippen molar-refractivity contribution < 1.29 is 4.79 Å². The van der Waals surface area contributed by atoms with Gasteiger partial charge in [0.25, 0.3) is 0 Å². The van der Waals surface area contributed by atoms with Crippen LogP contribution in [-0.4, -0.2) is 27.2 Å². The average Bonchev–Trinajstić information content (AvgIpc) is 2.93. The van der Waals surface area contributed by atoms with E-state index in [0.717, 1.165) is 41.4 Å². The fourth-order valence-electron chi connectivity index (χ4n) is 2.62. The number of hydrogen-bond acceptors (Lipinski definition) is 4. The lowest BCUT2D eigenvalue weighted by atomic mass is 10.1. The van der Waals surface area contributed by atoms with Gasteiger partial charge in [0.1, 0.15) is 0 Å². The van der Waals surface area contributed by atoms with E-state index in [1.54, 1.807) is 11.3 Å². The Bertz CT molecular complexity index is 668. The zero-order chi connectivity index (χ0) is 17.0. The third-order valence-electron chi connectivity index (χ3n) is 4.22. The Morgan fingerprint density at radius 1 is 1.17 bits per heavy atom. The number of amides is 1. The Morgan fingerprint density at radius 2 is 1.91 bits per heavy atom. The van der Waals surface area contributed by atoms with E-state index in [2.05, 4.69) is 22.3 Å². The number of aryl methyl sites for hydroxylation is 5. The number of carbonyl (C=O) groups is 1. The molecule has 2 aromatic heterocycles. The van der Waals surface area contributed by atoms with Crippen molar-refractivity contribution in [3.8, 4) is 0 Å². The lowest BCUT2D eigenvalue weighted by molar-refractivity contribution is -0.121. The van der Waals surface area contributed by atoms with E-state index in [-0.39, 0.29) is 5.91 Å². The van der Waals surface area contributed by atoms with Crippen LogP contribution in [0.5, 0.6) is 0 Å². The van der Waals surface area contributed by atoms with Gasteiger partial charge in [-0.15, -0.1) is 11.3 Å². The quantitative estimate of drug-likeness (QED) is 0.792. The minimum Gasteiger partial charge on any atom is -0.356 e. The molecule has 0 radical (unpaired) electrons. The number of nitrogens with one attached hydrogen (secondary N) is 1. The highest BCUT2D eigenvalue weighted by atomic mass is 32.1. The van der Waals surface area contributed by atoms with Gasteiger partial charge in [0.15, 0.2) is 0 Å². The molecule has 2 heterocycles. The third-order valence-corrected chi connectivity index (χ3v) is 5.36. The summed E-state index contributed by atoms with van der Waals surface area (Å²) >= 11 is 1.75. The molecule has 0 aliphatic carbocycles. The van der Waals surface area contributed by atoms with Crippen LogP contribution >= 0.6 is 11.3 Å². The summed E-state index contributed by atoms with van der Waals surface area (Å²) in [6, 6.07) is 0. The molecule has 0 bridgehead atoms. The summed E-state index contributed by atoms with van der Waals surface area (Å²) in [5, 5.41) is 8.55. The topological polar surface area (TPSA) is 59.8 Å². The van der Waals surface area contributed by atoms with Crippen LogP contribution in [0.4, 0.5) is 0 Å². The van der Waals surface area contributed by atoms with Crippen molar-refractivity contribution in [2.75, 3.05) is 6.54 Å². The largest absolute Gasteiger partial charge is 0.356 e. The van der Waals surface area contributed by atoms with Gasteiger partial charge in [0.05, 0.1) is 16.4 Å². The molecule has 126 valence electrons. The summed E-state index contributed by atoms with van der Waals surface area (Å²) in [4.78, 5) is 17.8. The monoisotopic (exact) mass is 334 g/mol. The Labute approximate surface area is 142 Å². The van der Waals surface area contributed by atoms with Gasteiger partial charge < -0.3 is 5.32 Å². The Hall–Kier alpha value is -1.69. The second kappa shape index (κ2) is 7.73. The van der Waals surface area contributed by atoms with Crippen LogP contribution in [0.3, 0.4) is 0 Å². The first-order valence-electron chi connectivity index (χ1n) is 8.07. The molecule has 0 unspecified atom stereocenters. The maximum Gasteiger partial charge on any atom is 0.220 e. The Balaban J connectivity index is 1.69. The van der Waals surface area contributed by atoms with Gasteiger partial charge in [-0.25, -0.2) is 4.98 Å². The smallest absolute Gasteiger partial charge is 0.220 e. The molecule has 2 aromatic rings. The van der Waals surface area contributed by atoms with Crippen molar-refractivity contribution in [1.82, 2.24) is 20.1 Å². The number of hydrogen-bond donors (Lipinski definition) is 1. The maximum atomic E-state index is 12.0. The molecule has 0 saturated heterocycles. The van der Waals surface area contributed by atoms with Crippen LogP contribution < -0.4 is 5.32 Å². The van der Waals surface area contributed by atoms with Crippen molar-refractivity contribution in [2.24, 2.45) is 7.05 Å². The fourth-order valence-corrected chi connectivity index (χ4v) is 3.60. The second-order valence-electron chi connectivity index (χ2n) is 5.98. The van der Waals surface area contributed by atoms with Crippen LogP contribution in [0.25, 0.3) is 0 Å². The predicted octanol–water partition coefficient (Wildman–Crippen LogP) is 2.79. The first-order valence-corrected chi connectivity index (χ1v) is 8.88. The van der Waals surface area contributed by atoms with Gasteiger partial charge in [-0.1, -0.05) is 0 Å². The summed E-state index contributed by atoms with van der Waals surface area (Å²) in [5.74, 6) is 0.110. The van der Waals surface area contributed by atoms with Gasteiger partial charge >= 0.3 is 0 Å². The molecular weight excluding hydrogens is 308 g/mol. The summed E-state index contributed by atoms with van der Waals surface area (Å²) in [7, 11) is 1.94. The zero-order valence-electron chi connectivity index (χ0n) is 14.7. The van der Waals surface area contributed by atoms with Crippen LogP contribution in [0.15, 0.2) is 0 Å². The SMILES string of the molecule is Cc1nc(CCCNC(=O)CCc2c(C)nn(C)c2C)sc1C. The van der Waals surface area contributed by atoms with E-state index in [9.17, 15) is 4.79 Å². The molecule has 0 spiro atoms. The summed E-state index contributed by atoms with van der Waals surface area (Å²) < 4.78 is 1.88. The van der Waals surface area contributed by atoms with Gasteiger partial charge in [-0.3, -0.25) is 9.48 Å². The molecule has 0 fully saturated rings. The number of nitrogens with zero attached hydrogens (tertiary/aromatic N) is 3. The predicted molar refractivity (Wildman–Crippen MR) is 93.9 cm³/mol. The lowest BCUT2D eigenvalue weighted by Gasteiger charge is -2.05. The number of aromatic nitrogens is 3. The molecular formula is C17H26N4OS. The average molecular weight is 334 g/mol. The van der Waals surface area contributed by atoms with Gasteiger partial charge in [-0.05, 0) is 46.1 Å².